The third kappa shape index (κ3) is 5.40. The van der Waals surface area contributed by atoms with E-state index in [4.69, 9.17) is 4.74 Å². The van der Waals surface area contributed by atoms with E-state index in [0.717, 1.165) is 16.7 Å². The molecule has 162 valence electrons. The Hall–Kier alpha value is -3.40. The minimum Gasteiger partial charge on any atom is -0.464 e. The first-order chi connectivity index (χ1) is 14.8. The van der Waals surface area contributed by atoms with Gasteiger partial charge >= 0.3 is 5.97 Å². The van der Waals surface area contributed by atoms with Gasteiger partial charge in [0.1, 0.15) is 6.54 Å². The maximum absolute atomic E-state index is 12.6. The summed E-state index contributed by atoms with van der Waals surface area (Å²) in [6.45, 7) is 3.77. The van der Waals surface area contributed by atoms with Crippen LogP contribution >= 0.6 is 11.8 Å². The number of rotatable bonds is 8. The lowest BCUT2D eigenvalue weighted by Gasteiger charge is -2.12. The second kappa shape index (κ2) is 9.61. The highest BCUT2D eigenvalue weighted by molar-refractivity contribution is 8.18. The molecule has 0 atom stereocenters. The van der Waals surface area contributed by atoms with Crippen molar-refractivity contribution in [2.45, 2.75) is 20.4 Å². The van der Waals surface area contributed by atoms with E-state index in [1.165, 1.54) is 6.07 Å². The summed E-state index contributed by atoms with van der Waals surface area (Å²) in [6.07, 6.45) is 3.27. The number of carbonyl (C=O) groups is 3. The number of nitro benzene ring substituents is 1. The van der Waals surface area contributed by atoms with Gasteiger partial charge in [-0.3, -0.25) is 29.4 Å². The molecule has 1 aromatic heterocycles. The molecule has 1 aliphatic heterocycles. The van der Waals surface area contributed by atoms with Crippen LogP contribution in [0.1, 0.15) is 25.1 Å². The molecule has 3 rings (SSSR count). The van der Waals surface area contributed by atoms with Gasteiger partial charge in [-0.2, -0.15) is 0 Å². The second-order valence-corrected chi connectivity index (χ2v) is 8.28. The predicted octanol–water partition coefficient (Wildman–Crippen LogP) is 3.68. The fourth-order valence-electron chi connectivity index (χ4n) is 2.91. The highest BCUT2D eigenvalue weighted by atomic mass is 32.2. The van der Waals surface area contributed by atoms with E-state index in [2.05, 4.69) is 0 Å². The monoisotopic (exact) mass is 443 g/mol. The second-order valence-electron chi connectivity index (χ2n) is 7.29. The molecule has 0 aliphatic carbocycles. The van der Waals surface area contributed by atoms with Crippen LogP contribution in [0.2, 0.25) is 0 Å². The van der Waals surface area contributed by atoms with Crippen LogP contribution in [-0.4, -0.2) is 44.7 Å². The van der Waals surface area contributed by atoms with Crippen molar-refractivity contribution in [3.63, 3.8) is 0 Å². The molecule has 0 spiro atoms. The summed E-state index contributed by atoms with van der Waals surface area (Å²) < 4.78 is 6.79. The SMILES string of the molecule is CC(C)COC(=O)CN1C(=O)S/C(=C/c2cccn2Cc2ccccc2[N+](=O)[O-])C1=O. The molecule has 31 heavy (non-hydrogen) atoms. The number of hydrogen-bond donors (Lipinski definition) is 0. The molecule has 0 saturated carbocycles. The van der Waals surface area contributed by atoms with E-state index in [1.807, 2.05) is 13.8 Å². The zero-order valence-corrected chi connectivity index (χ0v) is 17.8. The molecule has 0 radical (unpaired) electrons. The van der Waals surface area contributed by atoms with Gasteiger partial charge in [-0.05, 0) is 35.9 Å². The van der Waals surface area contributed by atoms with Crippen LogP contribution in [0.15, 0.2) is 47.5 Å². The smallest absolute Gasteiger partial charge is 0.326 e. The van der Waals surface area contributed by atoms with E-state index in [0.29, 0.717) is 11.3 Å². The fourth-order valence-corrected chi connectivity index (χ4v) is 3.74. The average Bonchev–Trinajstić information content (AvgIpc) is 3.26. The number of carbonyl (C=O) groups excluding carboxylic acids is 3. The molecular formula is C21H21N3O6S. The van der Waals surface area contributed by atoms with Gasteiger partial charge in [0.25, 0.3) is 16.8 Å². The Bertz CT molecular complexity index is 1060. The zero-order chi connectivity index (χ0) is 22.5. The summed E-state index contributed by atoms with van der Waals surface area (Å²) in [4.78, 5) is 48.6. The summed E-state index contributed by atoms with van der Waals surface area (Å²) in [6, 6.07) is 9.89. The maximum Gasteiger partial charge on any atom is 0.326 e. The molecule has 0 unspecified atom stereocenters. The van der Waals surface area contributed by atoms with Gasteiger partial charge in [0, 0.05) is 23.5 Å². The summed E-state index contributed by atoms with van der Waals surface area (Å²) in [5.74, 6) is -1.07. The minimum absolute atomic E-state index is 0.00221. The van der Waals surface area contributed by atoms with Crippen LogP contribution in [0.25, 0.3) is 6.08 Å². The largest absolute Gasteiger partial charge is 0.464 e. The minimum atomic E-state index is -0.642. The van der Waals surface area contributed by atoms with Crippen LogP contribution in [-0.2, 0) is 20.9 Å². The lowest BCUT2D eigenvalue weighted by atomic mass is 10.2. The van der Waals surface area contributed by atoms with Gasteiger partial charge in [-0.1, -0.05) is 32.0 Å². The zero-order valence-electron chi connectivity index (χ0n) is 17.0. The Morgan fingerprint density at radius 2 is 1.97 bits per heavy atom. The summed E-state index contributed by atoms with van der Waals surface area (Å²) in [7, 11) is 0. The van der Waals surface area contributed by atoms with Gasteiger partial charge in [0.15, 0.2) is 0 Å². The quantitative estimate of drug-likeness (QED) is 0.265. The number of nitro groups is 1. The lowest BCUT2D eigenvalue weighted by molar-refractivity contribution is -0.385. The first-order valence-electron chi connectivity index (χ1n) is 9.54. The van der Waals surface area contributed by atoms with Crippen molar-refractivity contribution >= 4 is 40.6 Å². The molecule has 2 aromatic rings. The van der Waals surface area contributed by atoms with Crippen LogP contribution in [0, 0.1) is 16.0 Å². The van der Waals surface area contributed by atoms with Crippen molar-refractivity contribution in [2.75, 3.05) is 13.2 Å². The normalized spacial score (nSPS) is 15.2. The third-order valence-corrected chi connectivity index (χ3v) is 5.32. The molecular weight excluding hydrogens is 422 g/mol. The Kier molecular flexibility index (Phi) is 6.91. The fraction of sp³-hybridized carbons (Fsp3) is 0.286. The van der Waals surface area contributed by atoms with E-state index in [1.54, 1.807) is 47.2 Å². The first kappa shape index (κ1) is 22.3. The third-order valence-electron chi connectivity index (χ3n) is 4.41. The predicted molar refractivity (Wildman–Crippen MR) is 115 cm³/mol. The van der Waals surface area contributed by atoms with Gasteiger partial charge in [-0.25, -0.2) is 0 Å². The molecule has 2 amide bonds. The number of thioether (sulfide) groups is 1. The molecule has 10 heteroatoms. The van der Waals surface area contributed by atoms with Crippen LogP contribution < -0.4 is 0 Å². The van der Waals surface area contributed by atoms with E-state index >= 15 is 0 Å². The number of imide groups is 1. The molecule has 1 saturated heterocycles. The van der Waals surface area contributed by atoms with Crippen molar-refractivity contribution < 1.29 is 24.0 Å². The Balaban J connectivity index is 1.76. The summed E-state index contributed by atoms with van der Waals surface area (Å²) in [5.41, 5.74) is 1.12. The Morgan fingerprint density at radius 1 is 1.23 bits per heavy atom. The molecule has 2 heterocycles. The molecule has 1 aromatic carbocycles. The van der Waals surface area contributed by atoms with Crippen molar-refractivity contribution in [3.05, 3.63) is 68.9 Å². The highest BCUT2D eigenvalue weighted by Crippen LogP contribution is 2.32. The number of benzene rings is 1. The molecule has 0 bridgehead atoms. The van der Waals surface area contributed by atoms with Crippen LogP contribution in [0.3, 0.4) is 0 Å². The topological polar surface area (TPSA) is 112 Å². The number of para-hydroxylation sites is 1. The number of amides is 2. The van der Waals surface area contributed by atoms with E-state index in [-0.39, 0.29) is 29.7 Å². The summed E-state index contributed by atoms with van der Waals surface area (Å²) in [5, 5.41) is 10.7. The lowest BCUT2D eigenvalue weighted by Crippen LogP contribution is -2.34. The van der Waals surface area contributed by atoms with E-state index in [9.17, 15) is 24.5 Å². The number of aromatic nitrogens is 1. The highest BCUT2D eigenvalue weighted by Gasteiger charge is 2.36. The standard InChI is InChI=1S/C21H21N3O6S/c1-14(2)13-30-19(25)12-23-20(26)18(31-21(23)27)10-16-7-5-9-22(16)11-15-6-3-4-8-17(15)24(28)29/h3-10,14H,11-13H2,1-2H3/b18-10+. The first-order valence-corrected chi connectivity index (χ1v) is 10.4. The molecule has 1 aliphatic rings. The number of hydrogen-bond acceptors (Lipinski definition) is 7. The van der Waals surface area contributed by atoms with Gasteiger partial charge in [0.05, 0.1) is 23.0 Å². The number of nitrogens with zero attached hydrogens (tertiary/aromatic N) is 3. The molecule has 1 fully saturated rings. The van der Waals surface area contributed by atoms with Crippen LogP contribution in [0.5, 0.6) is 0 Å². The summed E-state index contributed by atoms with van der Waals surface area (Å²) >= 11 is 0.739. The van der Waals surface area contributed by atoms with Crippen molar-refractivity contribution in [2.24, 2.45) is 5.92 Å². The number of ether oxygens (including phenoxy) is 1. The number of esters is 1. The Labute approximate surface area is 182 Å². The van der Waals surface area contributed by atoms with Crippen molar-refractivity contribution in [1.29, 1.82) is 0 Å². The van der Waals surface area contributed by atoms with Gasteiger partial charge < -0.3 is 9.30 Å². The molecule has 0 N–H and O–H groups in total. The van der Waals surface area contributed by atoms with Crippen LogP contribution in [0.4, 0.5) is 10.5 Å². The van der Waals surface area contributed by atoms with Gasteiger partial charge in [-0.15, -0.1) is 0 Å². The van der Waals surface area contributed by atoms with Gasteiger partial charge in [0.2, 0.25) is 0 Å². The maximum atomic E-state index is 12.6. The van der Waals surface area contributed by atoms with Crippen molar-refractivity contribution in [1.82, 2.24) is 9.47 Å². The average molecular weight is 443 g/mol. The van der Waals surface area contributed by atoms with Crippen molar-refractivity contribution in [3.8, 4) is 0 Å². The Morgan fingerprint density at radius 3 is 2.68 bits per heavy atom. The van der Waals surface area contributed by atoms with E-state index < -0.39 is 28.6 Å². The molecule has 9 nitrogen and oxygen atoms in total.